The van der Waals surface area contributed by atoms with E-state index in [0.29, 0.717) is 35.6 Å². The van der Waals surface area contributed by atoms with Crippen LogP contribution in [-0.2, 0) is 9.53 Å². The molecule has 9 nitrogen and oxygen atoms in total. The van der Waals surface area contributed by atoms with Gasteiger partial charge in [0.2, 0.25) is 5.91 Å². The van der Waals surface area contributed by atoms with Crippen molar-refractivity contribution >= 4 is 22.8 Å². The Balaban J connectivity index is 1.63. The summed E-state index contributed by atoms with van der Waals surface area (Å²) >= 11 is 0. The van der Waals surface area contributed by atoms with E-state index in [0.717, 1.165) is 45.7 Å². The molecular weight excluding hydrogens is 370 g/mol. The quantitative estimate of drug-likeness (QED) is 0.594. The van der Waals surface area contributed by atoms with Crippen molar-refractivity contribution in [3.05, 3.63) is 24.7 Å². The molecule has 152 valence electrons. The molecule has 0 saturated carbocycles. The van der Waals surface area contributed by atoms with Crippen LogP contribution < -0.4 is 5.73 Å². The average Bonchev–Trinajstić information content (AvgIpc) is 3.14. The van der Waals surface area contributed by atoms with Crippen molar-refractivity contribution in [3.63, 3.8) is 0 Å². The van der Waals surface area contributed by atoms with E-state index in [2.05, 4.69) is 33.3 Å². The van der Waals surface area contributed by atoms with Gasteiger partial charge in [-0.2, -0.15) is 5.10 Å². The monoisotopic (exact) mass is 395 g/mol. The number of nitrogens with zero attached hydrogens (tertiary/aromatic N) is 6. The predicted molar refractivity (Wildman–Crippen MR) is 109 cm³/mol. The van der Waals surface area contributed by atoms with Gasteiger partial charge in [-0.25, -0.2) is 14.6 Å². The lowest BCUT2D eigenvalue weighted by Gasteiger charge is -2.32. The number of nitrogen functional groups attached to an aromatic ring is 1. The van der Waals surface area contributed by atoms with E-state index in [4.69, 9.17) is 15.6 Å². The molecule has 0 bridgehead atoms. The molecule has 1 amide bonds. The van der Waals surface area contributed by atoms with Gasteiger partial charge >= 0.3 is 0 Å². The van der Waals surface area contributed by atoms with Crippen LogP contribution in [0.5, 0.6) is 0 Å². The molecule has 0 unspecified atom stereocenters. The van der Waals surface area contributed by atoms with Gasteiger partial charge in [-0.05, 0) is 24.8 Å². The summed E-state index contributed by atoms with van der Waals surface area (Å²) in [5.74, 6) is 6.66. The number of nitrogens with two attached hydrogens (primary N) is 1. The molecule has 4 heterocycles. The summed E-state index contributed by atoms with van der Waals surface area (Å²) in [5.41, 5.74) is 7.37. The molecule has 2 aliphatic rings. The summed E-state index contributed by atoms with van der Waals surface area (Å²) in [6.07, 6.45) is 4.59. The molecule has 0 radical (unpaired) electrons. The molecule has 0 aliphatic carbocycles. The van der Waals surface area contributed by atoms with Crippen LogP contribution in [0.4, 0.5) is 5.82 Å². The number of amides is 1. The SMILES string of the molecule is C=CC(=O)N1CCC[C@@H](n2nc(C#CCN3CCOCC3)c3c(N)ncnc32)C1. The molecule has 2 N–H and O–H groups in total. The highest BCUT2D eigenvalue weighted by Crippen LogP contribution is 2.28. The van der Waals surface area contributed by atoms with Crippen molar-refractivity contribution < 1.29 is 9.53 Å². The molecule has 2 fully saturated rings. The van der Waals surface area contributed by atoms with Crippen molar-refractivity contribution in [2.24, 2.45) is 0 Å². The smallest absolute Gasteiger partial charge is 0.246 e. The fourth-order valence-corrected chi connectivity index (χ4v) is 3.82. The van der Waals surface area contributed by atoms with Gasteiger partial charge in [-0.3, -0.25) is 9.69 Å². The Kier molecular flexibility index (Phi) is 5.74. The van der Waals surface area contributed by atoms with Crippen molar-refractivity contribution in [3.8, 4) is 11.8 Å². The number of ether oxygens (including phenoxy) is 1. The van der Waals surface area contributed by atoms with Crippen LogP contribution in [0.2, 0.25) is 0 Å². The summed E-state index contributed by atoms with van der Waals surface area (Å²) in [4.78, 5) is 24.6. The number of anilines is 1. The van der Waals surface area contributed by atoms with Crippen molar-refractivity contribution in [1.82, 2.24) is 29.5 Å². The number of likely N-dealkylation sites (tertiary alicyclic amines) is 1. The number of rotatable bonds is 3. The van der Waals surface area contributed by atoms with Gasteiger partial charge in [0.25, 0.3) is 0 Å². The van der Waals surface area contributed by atoms with Gasteiger partial charge in [0.1, 0.15) is 17.8 Å². The number of piperidine rings is 1. The van der Waals surface area contributed by atoms with Gasteiger partial charge in [0, 0.05) is 26.2 Å². The largest absolute Gasteiger partial charge is 0.383 e. The molecule has 2 aromatic rings. The molecule has 4 rings (SSSR count). The number of aromatic nitrogens is 4. The van der Waals surface area contributed by atoms with E-state index in [1.54, 1.807) is 4.90 Å². The highest BCUT2D eigenvalue weighted by Gasteiger charge is 2.27. The Hall–Kier alpha value is -2.96. The first-order chi connectivity index (χ1) is 14.2. The molecule has 9 heteroatoms. The maximum atomic E-state index is 12.1. The van der Waals surface area contributed by atoms with Gasteiger partial charge in [0.15, 0.2) is 5.65 Å². The van der Waals surface area contributed by atoms with Gasteiger partial charge in [0.05, 0.1) is 31.2 Å². The number of hydrogen-bond acceptors (Lipinski definition) is 7. The first-order valence-corrected chi connectivity index (χ1v) is 9.86. The predicted octanol–water partition coefficient (Wildman–Crippen LogP) is 0.442. The third-order valence-electron chi connectivity index (χ3n) is 5.36. The van der Waals surface area contributed by atoms with Crippen LogP contribution in [0, 0.1) is 11.8 Å². The van der Waals surface area contributed by atoms with Crippen LogP contribution >= 0.6 is 0 Å². The number of hydrogen-bond donors (Lipinski definition) is 1. The van der Waals surface area contributed by atoms with Crippen LogP contribution in [0.15, 0.2) is 19.0 Å². The minimum atomic E-state index is -0.0640. The highest BCUT2D eigenvalue weighted by atomic mass is 16.5. The van der Waals surface area contributed by atoms with E-state index < -0.39 is 0 Å². The van der Waals surface area contributed by atoms with Gasteiger partial charge in [-0.15, -0.1) is 0 Å². The normalized spacial score (nSPS) is 20.3. The summed E-state index contributed by atoms with van der Waals surface area (Å²) in [6, 6.07) is 0.0132. The average molecular weight is 395 g/mol. The van der Waals surface area contributed by atoms with Crippen LogP contribution in [0.1, 0.15) is 24.6 Å². The summed E-state index contributed by atoms with van der Waals surface area (Å²) < 4.78 is 7.22. The summed E-state index contributed by atoms with van der Waals surface area (Å²) in [5, 5.41) is 5.40. The summed E-state index contributed by atoms with van der Waals surface area (Å²) in [6.45, 7) is 8.76. The number of carbonyl (C=O) groups excluding carboxylic acids is 1. The molecule has 0 aromatic carbocycles. The Morgan fingerprint density at radius 3 is 2.97 bits per heavy atom. The Morgan fingerprint density at radius 1 is 1.34 bits per heavy atom. The zero-order valence-corrected chi connectivity index (χ0v) is 16.4. The second-order valence-electron chi connectivity index (χ2n) is 7.23. The highest BCUT2D eigenvalue weighted by molar-refractivity contribution is 5.90. The first kappa shape index (κ1) is 19.4. The lowest BCUT2D eigenvalue weighted by molar-refractivity contribution is -0.127. The summed E-state index contributed by atoms with van der Waals surface area (Å²) in [7, 11) is 0. The minimum Gasteiger partial charge on any atom is -0.383 e. The third-order valence-corrected chi connectivity index (χ3v) is 5.36. The fraction of sp³-hybridized carbons (Fsp3) is 0.500. The first-order valence-electron chi connectivity index (χ1n) is 9.86. The van der Waals surface area contributed by atoms with Crippen LogP contribution in [0.25, 0.3) is 11.0 Å². The standard InChI is InChI=1S/C20H25N7O2/c1-2-17(28)26-8-3-5-15(13-26)27-20-18(19(21)22-14-23-20)16(24-27)6-4-7-25-9-11-29-12-10-25/h2,14-15H,1,3,5,7-13H2,(H2,21,22,23)/t15-/m1/s1. The van der Waals surface area contributed by atoms with E-state index in [1.165, 1.54) is 12.4 Å². The lowest BCUT2D eigenvalue weighted by atomic mass is 10.1. The second-order valence-corrected chi connectivity index (χ2v) is 7.23. The van der Waals surface area contributed by atoms with Crippen LogP contribution in [-0.4, -0.2) is 81.4 Å². The van der Waals surface area contributed by atoms with E-state index in [9.17, 15) is 4.79 Å². The molecule has 2 saturated heterocycles. The lowest BCUT2D eigenvalue weighted by Crippen LogP contribution is -2.40. The van der Waals surface area contributed by atoms with Gasteiger partial charge < -0.3 is 15.4 Å². The number of morpholine rings is 1. The Morgan fingerprint density at radius 2 is 2.17 bits per heavy atom. The fourth-order valence-electron chi connectivity index (χ4n) is 3.82. The zero-order chi connectivity index (χ0) is 20.2. The molecule has 1 atom stereocenters. The Bertz CT molecular complexity index is 968. The molecule has 2 aliphatic heterocycles. The molecule has 2 aromatic heterocycles. The molecule has 29 heavy (non-hydrogen) atoms. The number of fused-ring (bicyclic) bond motifs is 1. The van der Waals surface area contributed by atoms with Crippen molar-refractivity contribution in [1.29, 1.82) is 0 Å². The molecule has 0 spiro atoms. The van der Waals surface area contributed by atoms with E-state index in [1.807, 2.05) is 4.68 Å². The van der Waals surface area contributed by atoms with Crippen molar-refractivity contribution in [2.45, 2.75) is 18.9 Å². The maximum absolute atomic E-state index is 12.1. The zero-order valence-electron chi connectivity index (χ0n) is 16.4. The molecular formula is C20H25N7O2. The minimum absolute atomic E-state index is 0.0132. The van der Waals surface area contributed by atoms with Crippen molar-refractivity contribution in [2.75, 3.05) is 51.7 Å². The topological polar surface area (TPSA) is 102 Å². The van der Waals surface area contributed by atoms with E-state index in [-0.39, 0.29) is 11.9 Å². The number of carbonyl (C=O) groups is 1. The Labute approximate surface area is 169 Å². The second kappa shape index (κ2) is 8.59. The van der Waals surface area contributed by atoms with E-state index >= 15 is 0 Å². The van der Waals surface area contributed by atoms with Gasteiger partial charge in [-0.1, -0.05) is 12.5 Å². The van der Waals surface area contributed by atoms with Crippen LogP contribution in [0.3, 0.4) is 0 Å². The third kappa shape index (κ3) is 4.09. The maximum Gasteiger partial charge on any atom is 0.246 e.